The number of benzene rings is 2. The molecule has 3 heterocycles. The predicted molar refractivity (Wildman–Crippen MR) is 112 cm³/mol. The van der Waals surface area contributed by atoms with E-state index in [9.17, 15) is 0 Å². The molecule has 2 aromatic carbocycles. The van der Waals surface area contributed by atoms with Gasteiger partial charge in [-0.2, -0.15) is 4.98 Å². The molecule has 0 saturated carbocycles. The van der Waals surface area contributed by atoms with E-state index in [1.54, 1.807) is 0 Å². The number of imidazole rings is 1. The quantitative estimate of drug-likeness (QED) is 0.559. The lowest BCUT2D eigenvalue weighted by atomic mass is 9.97. The molecule has 1 aliphatic rings. The highest BCUT2D eigenvalue weighted by atomic mass is 16.5. The third kappa shape index (κ3) is 4.07. The second kappa shape index (κ2) is 8.17. The summed E-state index contributed by atoms with van der Waals surface area (Å²) in [6.07, 6.45) is 6.39. The normalized spacial score (nSPS) is 17.4. The van der Waals surface area contributed by atoms with Crippen LogP contribution in [0, 0.1) is 5.92 Å². The van der Waals surface area contributed by atoms with Gasteiger partial charge in [-0.1, -0.05) is 41.6 Å². The van der Waals surface area contributed by atoms with Gasteiger partial charge in [0.2, 0.25) is 11.7 Å². The lowest BCUT2D eigenvalue weighted by Gasteiger charge is -2.09. The van der Waals surface area contributed by atoms with Crippen LogP contribution in [0.5, 0.6) is 0 Å². The van der Waals surface area contributed by atoms with Crippen LogP contribution in [-0.4, -0.2) is 32.8 Å². The van der Waals surface area contributed by atoms with Crippen LogP contribution in [0.1, 0.15) is 30.7 Å². The third-order valence-corrected chi connectivity index (χ3v) is 5.72. The van der Waals surface area contributed by atoms with Crippen LogP contribution in [0.3, 0.4) is 0 Å². The average molecular weight is 387 g/mol. The standard InChI is InChI=1S/C23H25N5O/c1-2-6-21-20(5-1)25-16-28(21)15-18-7-9-19(10-8-18)23-26-22(29-27-23)14-17-4-3-12-24-13-11-17/h1-2,5-10,16-17,24H,3-4,11-15H2. The van der Waals surface area contributed by atoms with Gasteiger partial charge < -0.3 is 14.4 Å². The van der Waals surface area contributed by atoms with Gasteiger partial charge in [-0.05, 0) is 56.0 Å². The van der Waals surface area contributed by atoms with Crippen LogP contribution in [-0.2, 0) is 13.0 Å². The number of hydrogen-bond donors (Lipinski definition) is 1. The molecule has 1 unspecified atom stereocenters. The molecule has 5 rings (SSSR count). The SMILES string of the molecule is c1ccc2c(c1)ncn2Cc1ccc(-c2noc(CC3CCCNCC3)n2)cc1. The fourth-order valence-corrected chi connectivity index (χ4v) is 4.09. The summed E-state index contributed by atoms with van der Waals surface area (Å²) in [6, 6.07) is 16.6. The Morgan fingerprint density at radius 1 is 1.03 bits per heavy atom. The molecule has 1 saturated heterocycles. The van der Waals surface area contributed by atoms with E-state index in [0.717, 1.165) is 48.5 Å². The van der Waals surface area contributed by atoms with E-state index in [1.165, 1.54) is 24.8 Å². The summed E-state index contributed by atoms with van der Waals surface area (Å²) in [5, 5.41) is 7.66. The first-order valence-electron chi connectivity index (χ1n) is 10.4. The lowest BCUT2D eigenvalue weighted by molar-refractivity contribution is 0.341. The van der Waals surface area contributed by atoms with Crippen molar-refractivity contribution in [3.63, 3.8) is 0 Å². The minimum Gasteiger partial charge on any atom is -0.339 e. The number of fused-ring (bicyclic) bond motifs is 1. The Morgan fingerprint density at radius 2 is 1.93 bits per heavy atom. The van der Waals surface area contributed by atoms with Crippen molar-refractivity contribution in [1.82, 2.24) is 25.0 Å². The number of nitrogens with one attached hydrogen (secondary N) is 1. The molecule has 1 atom stereocenters. The first kappa shape index (κ1) is 18.1. The zero-order valence-electron chi connectivity index (χ0n) is 16.4. The Balaban J connectivity index is 1.27. The van der Waals surface area contributed by atoms with Crippen molar-refractivity contribution in [2.75, 3.05) is 13.1 Å². The molecule has 1 fully saturated rings. The molecule has 0 amide bonds. The average Bonchev–Trinajstić information content (AvgIpc) is 3.30. The van der Waals surface area contributed by atoms with Crippen LogP contribution in [0.25, 0.3) is 22.4 Å². The minimum absolute atomic E-state index is 0.630. The second-order valence-electron chi connectivity index (χ2n) is 7.82. The van der Waals surface area contributed by atoms with E-state index in [4.69, 9.17) is 4.52 Å². The van der Waals surface area contributed by atoms with Crippen molar-refractivity contribution < 1.29 is 4.52 Å². The van der Waals surface area contributed by atoms with Crippen LogP contribution in [0.2, 0.25) is 0 Å². The summed E-state index contributed by atoms with van der Waals surface area (Å²) in [5.74, 6) is 2.05. The molecule has 0 radical (unpaired) electrons. The fourth-order valence-electron chi connectivity index (χ4n) is 4.09. The minimum atomic E-state index is 0.630. The zero-order chi connectivity index (χ0) is 19.5. The van der Waals surface area contributed by atoms with Gasteiger partial charge in [0.25, 0.3) is 0 Å². The summed E-state index contributed by atoms with van der Waals surface area (Å²) in [5.41, 5.74) is 4.37. The molecule has 0 aliphatic carbocycles. The second-order valence-corrected chi connectivity index (χ2v) is 7.82. The number of aromatic nitrogens is 4. The molecule has 6 nitrogen and oxygen atoms in total. The maximum Gasteiger partial charge on any atom is 0.227 e. The molecule has 148 valence electrons. The van der Waals surface area contributed by atoms with Gasteiger partial charge >= 0.3 is 0 Å². The lowest BCUT2D eigenvalue weighted by Crippen LogP contribution is -2.14. The Hall–Kier alpha value is -2.99. The predicted octanol–water partition coefficient (Wildman–Crippen LogP) is 4.07. The highest BCUT2D eigenvalue weighted by Crippen LogP contribution is 2.22. The summed E-state index contributed by atoms with van der Waals surface area (Å²) in [4.78, 5) is 9.10. The maximum atomic E-state index is 5.53. The molecule has 4 aromatic rings. The molecule has 1 N–H and O–H groups in total. The molecule has 0 bridgehead atoms. The molecule has 2 aromatic heterocycles. The molecule has 0 spiro atoms. The smallest absolute Gasteiger partial charge is 0.227 e. The number of rotatable bonds is 5. The van der Waals surface area contributed by atoms with Gasteiger partial charge in [-0.3, -0.25) is 0 Å². The number of para-hydroxylation sites is 2. The van der Waals surface area contributed by atoms with Crippen LogP contribution in [0.4, 0.5) is 0 Å². The summed E-state index contributed by atoms with van der Waals surface area (Å²) >= 11 is 0. The van der Waals surface area contributed by atoms with Gasteiger partial charge in [-0.25, -0.2) is 4.98 Å². The monoisotopic (exact) mass is 387 g/mol. The summed E-state index contributed by atoms with van der Waals surface area (Å²) < 4.78 is 7.70. The van der Waals surface area contributed by atoms with Gasteiger partial charge in [0.15, 0.2) is 0 Å². The van der Waals surface area contributed by atoms with Crippen molar-refractivity contribution in [3.8, 4) is 11.4 Å². The zero-order valence-corrected chi connectivity index (χ0v) is 16.4. The summed E-state index contributed by atoms with van der Waals surface area (Å²) in [7, 11) is 0. The summed E-state index contributed by atoms with van der Waals surface area (Å²) in [6.45, 7) is 2.99. The van der Waals surface area contributed by atoms with Crippen molar-refractivity contribution in [2.45, 2.75) is 32.2 Å². The fraction of sp³-hybridized carbons (Fsp3) is 0.348. The topological polar surface area (TPSA) is 68.8 Å². The highest BCUT2D eigenvalue weighted by Gasteiger charge is 2.17. The van der Waals surface area contributed by atoms with Gasteiger partial charge in [0.1, 0.15) is 0 Å². The van der Waals surface area contributed by atoms with Gasteiger partial charge in [-0.15, -0.1) is 0 Å². The first-order chi connectivity index (χ1) is 14.3. The van der Waals surface area contributed by atoms with Gasteiger partial charge in [0.05, 0.1) is 17.4 Å². The van der Waals surface area contributed by atoms with Crippen molar-refractivity contribution in [3.05, 3.63) is 66.3 Å². The Bertz CT molecular complexity index is 1070. The van der Waals surface area contributed by atoms with Crippen LogP contribution < -0.4 is 5.32 Å². The Labute approximate surface area is 170 Å². The van der Waals surface area contributed by atoms with Crippen molar-refractivity contribution in [1.29, 1.82) is 0 Å². The van der Waals surface area contributed by atoms with Crippen molar-refractivity contribution >= 4 is 11.0 Å². The third-order valence-electron chi connectivity index (χ3n) is 5.72. The van der Waals surface area contributed by atoms with Crippen LogP contribution in [0.15, 0.2) is 59.4 Å². The van der Waals surface area contributed by atoms with E-state index in [0.29, 0.717) is 11.7 Å². The van der Waals surface area contributed by atoms with E-state index < -0.39 is 0 Å². The molecular weight excluding hydrogens is 362 g/mol. The Morgan fingerprint density at radius 3 is 2.86 bits per heavy atom. The highest BCUT2D eigenvalue weighted by molar-refractivity contribution is 5.75. The number of hydrogen-bond acceptors (Lipinski definition) is 5. The van der Waals surface area contributed by atoms with E-state index in [-0.39, 0.29) is 0 Å². The largest absolute Gasteiger partial charge is 0.339 e. The molecule has 29 heavy (non-hydrogen) atoms. The van der Waals surface area contributed by atoms with Gasteiger partial charge in [0, 0.05) is 18.5 Å². The van der Waals surface area contributed by atoms with E-state index in [2.05, 4.69) is 55.3 Å². The van der Waals surface area contributed by atoms with Crippen molar-refractivity contribution in [2.24, 2.45) is 5.92 Å². The maximum absolute atomic E-state index is 5.53. The van der Waals surface area contributed by atoms with Crippen LogP contribution >= 0.6 is 0 Å². The number of nitrogens with zero attached hydrogens (tertiary/aromatic N) is 4. The first-order valence-corrected chi connectivity index (χ1v) is 10.4. The molecule has 6 heteroatoms. The van der Waals surface area contributed by atoms with E-state index >= 15 is 0 Å². The molecule has 1 aliphatic heterocycles. The Kier molecular flexibility index (Phi) is 5.09. The van der Waals surface area contributed by atoms with E-state index in [1.807, 2.05) is 24.5 Å². The molecular formula is C23H25N5O.